The maximum Gasteiger partial charge on any atom is 0.311 e. The van der Waals surface area contributed by atoms with Crippen molar-refractivity contribution in [1.29, 1.82) is 0 Å². The highest BCUT2D eigenvalue weighted by atomic mass is 32.1. The lowest BCUT2D eigenvalue weighted by atomic mass is 9.93. The van der Waals surface area contributed by atoms with E-state index in [1.54, 1.807) is 7.11 Å². The average Bonchev–Trinajstić information content (AvgIpc) is 3.15. The summed E-state index contributed by atoms with van der Waals surface area (Å²) in [6.45, 7) is 0. The van der Waals surface area contributed by atoms with Gasteiger partial charge in [0.1, 0.15) is 5.75 Å². The number of nitrogens with zero attached hydrogens (tertiary/aromatic N) is 2. The molecule has 0 bridgehead atoms. The van der Waals surface area contributed by atoms with Gasteiger partial charge in [-0.15, -0.1) is 11.3 Å². The number of benzene rings is 2. The number of thiazole rings is 1. The van der Waals surface area contributed by atoms with Crippen molar-refractivity contribution in [2.45, 2.75) is 12.8 Å². The van der Waals surface area contributed by atoms with Crippen LogP contribution in [0.5, 0.6) is 11.5 Å². The molecule has 8 nitrogen and oxygen atoms in total. The van der Waals surface area contributed by atoms with Gasteiger partial charge in [0.25, 0.3) is 5.91 Å². The summed E-state index contributed by atoms with van der Waals surface area (Å²) in [5.74, 6) is 0.385. The molecule has 0 radical (unpaired) electrons. The fourth-order valence-electron chi connectivity index (χ4n) is 3.30. The molecule has 1 aromatic heterocycles. The molecule has 0 saturated carbocycles. The number of nitrogens with one attached hydrogen (secondary N) is 1. The average molecular weight is 411 g/mol. The normalized spacial score (nSPS) is 11.9. The number of carbonyl (C=O) groups excluding carboxylic acids is 1. The first-order chi connectivity index (χ1) is 14.0. The van der Waals surface area contributed by atoms with Gasteiger partial charge in [-0.3, -0.25) is 20.2 Å². The van der Waals surface area contributed by atoms with E-state index < -0.39 is 10.8 Å². The topological polar surface area (TPSA) is 104 Å². The highest BCUT2D eigenvalue weighted by Crippen LogP contribution is 2.39. The van der Waals surface area contributed by atoms with Crippen LogP contribution in [0, 0.1) is 10.1 Å². The third kappa shape index (κ3) is 3.52. The Kier molecular flexibility index (Phi) is 4.89. The molecule has 9 heteroatoms. The lowest BCUT2D eigenvalue weighted by Crippen LogP contribution is -2.12. The molecule has 29 heavy (non-hydrogen) atoms. The van der Waals surface area contributed by atoms with Crippen molar-refractivity contribution >= 4 is 28.1 Å². The zero-order chi connectivity index (χ0) is 20.5. The van der Waals surface area contributed by atoms with Crippen LogP contribution in [0.1, 0.15) is 20.8 Å². The second-order valence-corrected chi connectivity index (χ2v) is 7.50. The van der Waals surface area contributed by atoms with Crippen LogP contribution in [0.25, 0.3) is 11.3 Å². The zero-order valence-electron chi connectivity index (χ0n) is 15.7. The van der Waals surface area contributed by atoms with Gasteiger partial charge < -0.3 is 9.47 Å². The van der Waals surface area contributed by atoms with Crippen molar-refractivity contribution in [1.82, 2.24) is 4.98 Å². The molecule has 1 N–H and O–H groups in total. The van der Waals surface area contributed by atoms with Crippen LogP contribution < -0.4 is 14.8 Å². The number of carbonyl (C=O) groups is 1. The summed E-state index contributed by atoms with van der Waals surface area (Å²) in [6.07, 6.45) is 1.74. The molecular weight excluding hydrogens is 394 g/mol. The van der Waals surface area contributed by atoms with E-state index >= 15 is 0 Å². The summed E-state index contributed by atoms with van der Waals surface area (Å²) >= 11 is 1.41. The van der Waals surface area contributed by atoms with Gasteiger partial charge in [0, 0.05) is 22.1 Å². The first-order valence-electron chi connectivity index (χ1n) is 8.81. The minimum Gasteiger partial charge on any atom is -0.497 e. The van der Waals surface area contributed by atoms with E-state index in [0.717, 1.165) is 34.7 Å². The number of hydrogen-bond donors (Lipinski definition) is 1. The van der Waals surface area contributed by atoms with Gasteiger partial charge >= 0.3 is 5.69 Å². The first-order valence-corrected chi connectivity index (χ1v) is 9.62. The second-order valence-electron chi connectivity index (χ2n) is 6.41. The van der Waals surface area contributed by atoms with E-state index in [-0.39, 0.29) is 17.0 Å². The molecule has 0 unspecified atom stereocenters. The third-order valence-corrected chi connectivity index (χ3v) is 5.78. The number of anilines is 1. The van der Waals surface area contributed by atoms with Crippen LogP contribution in [0.3, 0.4) is 0 Å². The fourth-order valence-corrected chi connectivity index (χ4v) is 4.27. The fraction of sp³-hybridized carbons (Fsp3) is 0.200. The lowest BCUT2D eigenvalue weighted by Gasteiger charge is -2.15. The third-order valence-electron chi connectivity index (χ3n) is 4.75. The minimum absolute atomic E-state index is 0.0989. The number of ether oxygens (including phenoxy) is 2. The van der Waals surface area contributed by atoms with E-state index in [1.165, 1.54) is 42.2 Å². The predicted molar refractivity (Wildman–Crippen MR) is 109 cm³/mol. The van der Waals surface area contributed by atoms with Crippen molar-refractivity contribution in [3.63, 3.8) is 0 Å². The number of amides is 1. The van der Waals surface area contributed by atoms with Gasteiger partial charge in [0.05, 0.1) is 24.8 Å². The van der Waals surface area contributed by atoms with Gasteiger partial charge in [0.2, 0.25) is 0 Å². The molecule has 2 aromatic carbocycles. The molecule has 148 valence electrons. The Morgan fingerprint density at radius 3 is 2.72 bits per heavy atom. The monoisotopic (exact) mass is 411 g/mol. The van der Waals surface area contributed by atoms with E-state index in [2.05, 4.69) is 10.3 Å². The number of nitro groups is 1. The number of rotatable bonds is 5. The van der Waals surface area contributed by atoms with Crippen LogP contribution >= 0.6 is 11.3 Å². The Hall–Kier alpha value is -3.46. The number of hydrogen-bond acceptors (Lipinski definition) is 7. The molecule has 4 rings (SSSR count). The summed E-state index contributed by atoms with van der Waals surface area (Å²) in [5, 5.41) is 14.4. The standard InChI is InChI=1S/C20H17N3O5S/c1-27-13-6-3-11-5-8-17-18(14(11)10-13)21-20(29-17)22-19(24)12-4-7-16(28-2)15(9-12)23(25)26/h3-4,6-7,9-10H,5,8H2,1-2H3,(H,21,22,24). The smallest absolute Gasteiger partial charge is 0.311 e. The van der Waals surface area contributed by atoms with Crippen LogP contribution in [0.4, 0.5) is 10.8 Å². The van der Waals surface area contributed by atoms with Gasteiger partial charge in [-0.05, 0) is 42.7 Å². The van der Waals surface area contributed by atoms with Crippen molar-refractivity contribution in [3.05, 3.63) is 62.5 Å². The molecule has 0 saturated heterocycles. The highest BCUT2D eigenvalue weighted by molar-refractivity contribution is 7.16. The Morgan fingerprint density at radius 1 is 1.17 bits per heavy atom. The SMILES string of the molecule is COc1ccc2c(c1)-c1nc(NC(=O)c3ccc(OC)c([N+](=O)[O-])c3)sc1CC2. The van der Waals surface area contributed by atoms with E-state index in [4.69, 9.17) is 9.47 Å². The maximum atomic E-state index is 12.6. The molecule has 0 spiro atoms. The molecular formula is C20H17N3O5S. The summed E-state index contributed by atoms with van der Waals surface area (Å²) in [6, 6.07) is 9.99. The van der Waals surface area contributed by atoms with Crippen LogP contribution in [-0.2, 0) is 12.8 Å². The van der Waals surface area contributed by atoms with E-state index in [0.29, 0.717) is 5.13 Å². The van der Waals surface area contributed by atoms with Crippen LogP contribution in [-0.4, -0.2) is 30.0 Å². The summed E-state index contributed by atoms with van der Waals surface area (Å²) < 4.78 is 10.3. The lowest BCUT2D eigenvalue weighted by molar-refractivity contribution is -0.385. The summed E-state index contributed by atoms with van der Waals surface area (Å²) in [4.78, 5) is 28.9. The molecule has 0 aliphatic heterocycles. The number of fused-ring (bicyclic) bond motifs is 3. The number of aromatic nitrogens is 1. The number of nitro benzene ring substituents is 1. The molecule has 1 amide bonds. The van der Waals surface area contributed by atoms with Crippen LogP contribution in [0.15, 0.2) is 36.4 Å². The summed E-state index contributed by atoms with van der Waals surface area (Å²) in [5.41, 5.74) is 2.92. The highest BCUT2D eigenvalue weighted by Gasteiger charge is 2.23. The van der Waals surface area contributed by atoms with E-state index in [9.17, 15) is 14.9 Å². The minimum atomic E-state index is -0.581. The van der Waals surface area contributed by atoms with Gasteiger partial charge in [-0.1, -0.05) is 6.07 Å². The van der Waals surface area contributed by atoms with Gasteiger partial charge in [0.15, 0.2) is 10.9 Å². The first kappa shape index (κ1) is 18.9. The van der Waals surface area contributed by atoms with Crippen LogP contribution in [0.2, 0.25) is 0 Å². The molecule has 0 atom stereocenters. The van der Waals surface area contributed by atoms with Gasteiger partial charge in [-0.2, -0.15) is 0 Å². The molecule has 1 aliphatic rings. The van der Waals surface area contributed by atoms with Crippen molar-refractivity contribution in [2.24, 2.45) is 0 Å². The van der Waals surface area contributed by atoms with E-state index in [1.807, 2.05) is 18.2 Å². The van der Waals surface area contributed by atoms with Crippen molar-refractivity contribution < 1.29 is 19.2 Å². The molecule has 1 aliphatic carbocycles. The quantitative estimate of drug-likeness (QED) is 0.501. The Bertz CT molecular complexity index is 1130. The largest absolute Gasteiger partial charge is 0.497 e. The van der Waals surface area contributed by atoms with Crippen molar-refractivity contribution in [3.8, 4) is 22.8 Å². The maximum absolute atomic E-state index is 12.6. The molecule has 3 aromatic rings. The van der Waals surface area contributed by atoms with Gasteiger partial charge in [-0.25, -0.2) is 4.98 Å². The molecule has 1 heterocycles. The van der Waals surface area contributed by atoms with Crippen molar-refractivity contribution in [2.75, 3.05) is 19.5 Å². The Morgan fingerprint density at radius 2 is 2.00 bits per heavy atom. The molecule has 0 fully saturated rings. The number of aryl methyl sites for hydroxylation is 2. The Labute approximate surface area is 170 Å². The number of methoxy groups -OCH3 is 2. The predicted octanol–water partition coefficient (Wildman–Crippen LogP) is 4.09. The zero-order valence-corrected chi connectivity index (χ0v) is 16.5. The summed E-state index contributed by atoms with van der Waals surface area (Å²) in [7, 11) is 2.96. The second kappa shape index (κ2) is 7.51. The Balaban J connectivity index is 1.62.